The molecule has 0 radical (unpaired) electrons. The molecule has 12 heteroatoms. The third-order valence-electron chi connectivity index (χ3n) is 12.6. The van der Waals surface area contributed by atoms with Gasteiger partial charge in [-0.2, -0.15) is 0 Å². The van der Waals surface area contributed by atoms with Crippen LogP contribution in [0.2, 0.25) is 0 Å². The van der Waals surface area contributed by atoms with Crippen LogP contribution in [-0.2, 0) is 23.7 Å². The summed E-state index contributed by atoms with van der Waals surface area (Å²) in [5.41, 5.74) is -4.81. The van der Waals surface area contributed by atoms with E-state index in [-0.39, 0.29) is 42.0 Å². The fraction of sp³-hybridized carbons (Fsp3) is 0.774. The van der Waals surface area contributed by atoms with Crippen LogP contribution in [-0.4, -0.2) is 134 Å². The Morgan fingerprint density at radius 1 is 1.00 bits per heavy atom. The minimum Gasteiger partial charge on any atom is -0.455 e. The van der Waals surface area contributed by atoms with E-state index in [0.29, 0.717) is 18.5 Å². The van der Waals surface area contributed by atoms with E-state index in [1.165, 1.54) is 7.11 Å². The maximum absolute atomic E-state index is 13.5. The predicted octanol–water partition coefficient (Wildman–Crippen LogP) is 0.265. The number of piperidine rings is 1. The lowest BCUT2D eigenvalue weighted by atomic mass is 9.42. The van der Waals surface area contributed by atoms with E-state index in [2.05, 4.69) is 4.90 Å². The molecule has 7 rings (SSSR count). The Labute approximate surface area is 262 Å². The second-order valence-corrected chi connectivity index (χ2v) is 13.7. The Balaban J connectivity index is 0.00000329. The van der Waals surface area contributed by atoms with Gasteiger partial charge in [-0.3, -0.25) is 0 Å². The molecule has 1 heterocycles. The van der Waals surface area contributed by atoms with Crippen molar-refractivity contribution in [2.45, 2.75) is 66.7 Å². The van der Waals surface area contributed by atoms with Crippen molar-refractivity contribution in [2.75, 3.05) is 48.6 Å². The number of carbonyl (C=O) groups is 1. The van der Waals surface area contributed by atoms with Crippen LogP contribution < -0.4 is 0 Å². The van der Waals surface area contributed by atoms with Crippen molar-refractivity contribution in [1.82, 2.24) is 4.90 Å². The van der Waals surface area contributed by atoms with E-state index in [1.807, 2.05) is 7.05 Å². The normalized spacial score (nSPS) is 52.4. The molecule has 0 aromatic heterocycles. The highest BCUT2D eigenvalue weighted by molar-refractivity contribution is 8.93. The SMILES string of the molecule is Br.COC[C@]12CN(C)C3[C@H]4[C@H](OC)[C@H]1[C@@]3([C@@H](OC)C[C@H]2O)[C@@H]1C[C@@]2(O)[C@H](OC(=O)c3ccccc3)[C@@H]1[C@]4(O)[C@@H](O)[C@@H]2OC. The topological polar surface area (TPSA) is 147 Å². The third kappa shape index (κ3) is 3.48. The van der Waals surface area contributed by atoms with Crippen LogP contribution >= 0.6 is 17.0 Å². The van der Waals surface area contributed by atoms with Crippen molar-refractivity contribution >= 4 is 23.0 Å². The van der Waals surface area contributed by atoms with Crippen LogP contribution in [0.5, 0.6) is 0 Å². The molecule has 1 unspecified atom stereocenters. The standard InChI is InChI=1S/C31H43NO10.BrH/c1-32-13-28(14-38-2)17(33)11-18(39-3)30-16-12-29(36)25(42-27(35)15-9-7-6-8-10-15)19(16)31(37,24(34)26(29)41-5)20(23(30)32)21(40-4)22(28)30;/h6-10,16-26,33-34,36-37H,11-14H2,1-5H3;1H/t16-,17-,18+,19-,20-,21+,22-,23?,24+,25-,26+,28+,29-,30+,31-;/m1./s1. The van der Waals surface area contributed by atoms with Gasteiger partial charge in [0.15, 0.2) is 0 Å². The number of rotatable bonds is 7. The molecule has 1 aliphatic heterocycles. The minimum absolute atomic E-state index is 0. The third-order valence-corrected chi connectivity index (χ3v) is 12.6. The molecule has 5 aliphatic carbocycles. The van der Waals surface area contributed by atoms with E-state index in [9.17, 15) is 25.2 Å². The van der Waals surface area contributed by atoms with E-state index < -0.39 is 82.4 Å². The Kier molecular flexibility index (Phi) is 7.70. The molecule has 5 saturated carbocycles. The Morgan fingerprint density at radius 2 is 1.70 bits per heavy atom. The Hall–Kier alpha value is -1.19. The van der Waals surface area contributed by atoms with Gasteiger partial charge >= 0.3 is 5.97 Å². The van der Waals surface area contributed by atoms with Crippen molar-refractivity contribution in [3.63, 3.8) is 0 Å². The van der Waals surface area contributed by atoms with Gasteiger partial charge in [0.1, 0.15) is 29.5 Å². The Morgan fingerprint density at radius 3 is 2.30 bits per heavy atom. The monoisotopic (exact) mass is 669 g/mol. The number of likely N-dealkylation sites (tertiary alicyclic amines) is 1. The van der Waals surface area contributed by atoms with Gasteiger partial charge < -0.3 is 49.0 Å². The van der Waals surface area contributed by atoms with Gasteiger partial charge in [0.25, 0.3) is 0 Å². The summed E-state index contributed by atoms with van der Waals surface area (Å²) >= 11 is 0. The summed E-state index contributed by atoms with van der Waals surface area (Å²) in [4.78, 5) is 15.7. The molecule has 6 fully saturated rings. The highest BCUT2D eigenvalue weighted by Gasteiger charge is 2.91. The molecule has 240 valence electrons. The molecule has 1 spiro atoms. The maximum Gasteiger partial charge on any atom is 0.338 e. The zero-order valence-corrected chi connectivity index (χ0v) is 26.9. The van der Waals surface area contributed by atoms with E-state index in [4.69, 9.17) is 23.7 Å². The number of fused-ring (bicyclic) bond motifs is 2. The summed E-state index contributed by atoms with van der Waals surface area (Å²) in [5.74, 6) is -2.96. The van der Waals surface area contributed by atoms with E-state index >= 15 is 0 Å². The molecule has 6 aliphatic rings. The van der Waals surface area contributed by atoms with Crippen LogP contribution in [0.3, 0.4) is 0 Å². The van der Waals surface area contributed by atoms with Crippen molar-refractivity contribution < 1.29 is 48.9 Å². The number of nitrogens with zero attached hydrogens (tertiary/aromatic N) is 1. The summed E-state index contributed by atoms with van der Waals surface area (Å²) in [7, 11) is 8.22. The lowest BCUT2D eigenvalue weighted by Gasteiger charge is -2.69. The van der Waals surface area contributed by atoms with Gasteiger partial charge in [-0.1, -0.05) is 18.2 Å². The first-order chi connectivity index (χ1) is 20.0. The second-order valence-electron chi connectivity index (χ2n) is 13.7. The molecule has 7 bridgehead atoms. The predicted molar refractivity (Wildman–Crippen MR) is 157 cm³/mol. The number of aliphatic hydroxyl groups excluding tert-OH is 2. The van der Waals surface area contributed by atoms with Gasteiger partial charge in [-0.05, 0) is 31.5 Å². The molecular weight excluding hydrogens is 626 g/mol. The molecule has 1 aromatic rings. The number of halogens is 1. The minimum atomic E-state index is -1.86. The second kappa shape index (κ2) is 10.4. The zero-order chi connectivity index (χ0) is 30.0. The van der Waals surface area contributed by atoms with Crippen LogP contribution in [0.4, 0.5) is 0 Å². The van der Waals surface area contributed by atoms with Crippen molar-refractivity contribution in [1.29, 1.82) is 0 Å². The van der Waals surface area contributed by atoms with E-state index in [1.54, 1.807) is 51.7 Å². The number of hydrogen-bond acceptors (Lipinski definition) is 11. The number of methoxy groups -OCH3 is 4. The van der Waals surface area contributed by atoms with Gasteiger partial charge in [-0.25, -0.2) is 4.79 Å². The number of carbonyl (C=O) groups excluding carboxylic acids is 1. The maximum atomic E-state index is 13.5. The quantitative estimate of drug-likeness (QED) is 0.297. The van der Waals surface area contributed by atoms with Crippen molar-refractivity contribution in [3.8, 4) is 0 Å². The fourth-order valence-electron chi connectivity index (χ4n) is 11.8. The average Bonchev–Trinajstić information content (AvgIpc) is 3.37. The summed E-state index contributed by atoms with van der Waals surface area (Å²) in [6, 6.07) is 8.22. The van der Waals surface area contributed by atoms with Gasteiger partial charge in [0, 0.05) is 76.0 Å². The fourth-order valence-corrected chi connectivity index (χ4v) is 11.8. The van der Waals surface area contributed by atoms with Gasteiger partial charge in [0.05, 0.1) is 30.5 Å². The van der Waals surface area contributed by atoms with Crippen molar-refractivity contribution in [3.05, 3.63) is 35.9 Å². The molecule has 1 aromatic carbocycles. The summed E-state index contributed by atoms with van der Waals surface area (Å²) in [6.45, 7) is 0.760. The Bertz CT molecular complexity index is 1240. The van der Waals surface area contributed by atoms with Gasteiger partial charge in [-0.15, -0.1) is 17.0 Å². The van der Waals surface area contributed by atoms with Crippen molar-refractivity contribution in [2.24, 2.45) is 34.5 Å². The number of ether oxygens (including phenoxy) is 5. The van der Waals surface area contributed by atoms with Gasteiger partial charge in [0.2, 0.25) is 0 Å². The van der Waals surface area contributed by atoms with Crippen LogP contribution in [0, 0.1) is 34.5 Å². The summed E-state index contributed by atoms with van der Waals surface area (Å²) in [5, 5.41) is 49.4. The number of benzene rings is 1. The molecule has 1 saturated heterocycles. The average molecular weight is 671 g/mol. The largest absolute Gasteiger partial charge is 0.455 e. The number of aliphatic hydroxyl groups is 4. The number of esters is 1. The first kappa shape index (κ1) is 31.8. The highest BCUT2D eigenvalue weighted by atomic mass is 79.9. The lowest BCUT2D eigenvalue weighted by molar-refractivity contribution is -0.318. The zero-order valence-electron chi connectivity index (χ0n) is 25.2. The lowest BCUT2D eigenvalue weighted by Crippen LogP contribution is -2.80. The molecule has 4 N–H and O–H groups in total. The highest BCUT2D eigenvalue weighted by Crippen LogP contribution is 2.80. The van der Waals surface area contributed by atoms with Crippen LogP contribution in [0.15, 0.2) is 30.3 Å². The summed E-state index contributed by atoms with van der Waals surface area (Å²) < 4.78 is 30.3. The molecule has 15 atom stereocenters. The smallest absolute Gasteiger partial charge is 0.338 e. The van der Waals surface area contributed by atoms with Crippen LogP contribution in [0.1, 0.15) is 23.2 Å². The first-order valence-electron chi connectivity index (χ1n) is 14.9. The van der Waals surface area contributed by atoms with E-state index in [0.717, 1.165) is 0 Å². The van der Waals surface area contributed by atoms with Crippen LogP contribution in [0.25, 0.3) is 0 Å². The summed E-state index contributed by atoms with van der Waals surface area (Å²) in [6.07, 6.45) is -5.28. The first-order valence-corrected chi connectivity index (χ1v) is 14.9. The molecular formula is C31H44BrNO10. The molecule has 43 heavy (non-hydrogen) atoms. The molecule has 11 nitrogen and oxygen atoms in total. The number of hydrogen-bond donors (Lipinski definition) is 4. The molecule has 0 amide bonds.